The molecule has 0 atom stereocenters. The van der Waals surface area contributed by atoms with E-state index in [0.717, 1.165) is 15.1 Å². The largest absolute Gasteiger partial charge is 0.338 e. The fourth-order valence-corrected chi connectivity index (χ4v) is 4.27. The van der Waals surface area contributed by atoms with Gasteiger partial charge in [-0.2, -0.15) is 4.31 Å². The predicted molar refractivity (Wildman–Crippen MR) is 111 cm³/mol. The van der Waals surface area contributed by atoms with Crippen LogP contribution in [0.5, 0.6) is 0 Å². The van der Waals surface area contributed by atoms with E-state index in [2.05, 4.69) is 0 Å². The molecule has 7 heteroatoms. The van der Waals surface area contributed by atoms with Crippen molar-refractivity contribution < 1.29 is 17.6 Å². The molecule has 0 spiro atoms. The van der Waals surface area contributed by atoms with E-state index < -0.39 is 10.0 Å². The fourth-order valence-electron chi connectivity index (χ4n) is 3.12. The van der Waals surface area contributed by atoms with Crippen LogP contribution in [0.3, 0.4) is 0 Å². The summed E-state index contributed by atoms with van der Waals surface area (Å²) in [5, 5.41) is 1.76. The second-order valence-corrected chi connectivity index (χ2v) is 8.85. The Balaban J connectivity index is 1.75. The number of fused-ring (bicyclic) bond motifs is 1. The zero-order valence-corrected chi connectivity index (χ0v) is 17.2. The molecule has 0 unspecified atom stereocenters. The first-order valence-corrected chi connectivity index (χ1v) is 10.7. The van der Waals surface area contributed by atoms with Gasteiger partial charge in [0.1, 0.15) is 5.82 Å². The average molecular weight is 415 g/mol. The van der Waals surface area contributed by atoms with Crippen LogP contribution in [0.2, 0.25) is 0 Å². The normalized spacial score (nSPS) is 11.7. The predicted octanol–water partition coefficient (Wildman–Crippen LogP) is 3.65. The van der Waals surface area contributed by atoms with E-state index in [1.54, 1.807) is 37.3 Å². The summed E-state index contributed by atoms with van der Waals surface area (Å²) in [7, 11) is -2.43. The van der Waals surface area contributed by atoms with Gasteiger partial charge in [-0.15, -0.1) is 0 Å². The van der Waals surface area contributed by atoms with E-state index in [9.17, 15) is 17.6 Å². The minimum absolute atomic E-state index is 0.139. The maximum absolute atomic E-state index is 13.4. The first-order valence-electron chi connectivity index (χ1n) is 9.28. The number of hydrogen-bond donors (Lipinski definition) is 0. The van der Waals surface area contributed by atoms with Crippen molar-refractivity contribution >= 4 is 26.7 Å². The lowest BCUT2D eigenvalue weighted by atomic mass is 10.1. The smallest absolute Gasteiger partial charge is 0.243 e. The van der Waals surface area contributed by atoms with Crippen LogP contribution in [0.4, 0.5) is 4.39 Å². The summed E-state index contributed by atoms with van der Waals surface area (Å²) in [6.07, 6.45) is 0. The lowest BCUT2D eigenvalue weighted by molar-refractivity contribution is -0.131. The molecule has 0 aliphatic rings. The van der Waals surface area contributed by atoms with Gasteiger partial charge in [-0.3, -0.25) is 4.79 Å². The van der Waals surface area contributed by atoms with E-state index in [4.69, 9.17) is 0 Å². The van der Waals surface area contributed by atoms with Crippen LogP contribution in [0.15, 0.2) is 71.6 Å². The molecule has 0 saturated carbocycles. The molecule has 0 saturated heterocycles. The molecule has 3 aromatic rings. The minimum atomic E-state index is -3.82. The van der Waals surface area contributed by atoms with Crippen LogP contribution in [0, 0.1) is 5.82 Å². The number of likely N-dealkylation sites (N-methyl/N-ethyl adjacent to an activating group) is 2. The highest BCUT2D eigenvalue weighted by Gasteiger charge is 2.25. The van der Waals surface area contributed by atoms with Gasteiger partial charge in [0.25, 0.3) is 0 Å². The summed E-state index contributed by atoms with van der Waals surface area (Å²) in [4.78, 5) is 14.3. The van der Waals surface area contributed by atoms with Gasteiger partial charge < -0.3 is 4.90 Å². The average Bonchev–Trinajstić information content (AvgIpc) is 2.71. The first kappa shape index (κ1) is 21.0. The van der Waals surface area contributed by atoms with Crippen molar-refractivity contribution in [3.8, 4) is 0 Å². The number of amides is 1. The van der Waals surface area contributed by atoms with Crippen LogP contribution >= 0.6 is 0 Å². The van der Waals surface area contributed by atoms with Crippen molar-refractivity contribution in [3.63, 3.8) is 0 Å². The Morgan fingerprint density at radius 3 is 2.38 bits per heavy atom. The molecule has 0 heterocycles. The Kier molecular flexibility index (Phi) is 6.30. The van der Waals surface area contributed by atoms with E-state index in [1.807, 2.05) is 24.3 Å². The van der Waals surface area contributed by atoms with E-state index in [0.29, 0.717) is 12.1 Å². The quantitative estimate of drug-likeness (QED) is 0.593. The van der Waals surface area contributed by atoms with Gasteiger partial charge in [-0.05, 0) is 47.5 Å². The number of sulfonamides is 1. The highest BCUT2D eigenvalue weighted by Crippen LogP contribution is 2.21. The molecule has 29 heavy (non-hydrogen) atoms. The number of nitrogens with zero attached hydrogens (tertiary/aromatic N) is 2. The number of benzene rings is 3. The van der Waals surface area contributed by atoms with Gasteiger partial charge in [0, 0.05) is 20.1 Å². The van der Waals surface area contributed by atoms with Gasteiger partial charge >= 0.3 is 0 Å². The molecule has 152 valence electrons. The summed E-state index contributed by atoms with van der Waals surface area (Å²) in [5.41, 5.74) is 0.653. The van der Waals surface area contributed by atoms with Crippen molar-refractivity contribution in [2.75, 3.05) is 20.1 Å². The zero-order chi connectivity index (χ0) is 21.0. The Labute approximate surface area is 170 Å². The summed E-state index contributed by atoms with van der Waals surface area (Å²) >= 11 is 0. The number of carbonyl (C=O) groups is 1. The molecule has 0 fully saturated rings. The topological polar surface area (TPSA) is 57.7 Å². The van der Waals surface area contributed by atoms with Crippen LogP contribution in [-0.2, 0) is 21.4 Å². The molecule has 0 radical (unpaired) electrons. The van der Waals surface area contributed by atoms with Crippen LogP contribution < -0.4 is 0 Å². The third-order valence-electron chi connectivity index (χ3n) is 4.78. The Hall–Kier alpha value is -2.77. The summed E-state index contributed by atoms with van der Waals surface area (Å²) < 4.78 is 40.3. The van der Waals surface area contributed by atoms with Gasteiger partial charge in [0.15, 0.2) is 0 Å². The van der Waals surface area contributed by atoms with Crippen LogP contribution in [0.25, 0.3) is 10.8 Å². The van der Waals surface area contributed by atoms with Crippen molar-refractivity contribution in [2.45, 2.75) is 18.4 Å². The van der Waals surface area contributed by atoms with Crippen LogP contribution in [0.1, 0.15) is 12.5 Å². The highest BCUT2D eigenvalue weighted by molar-refractivity contribution is 7.89. The van der Waals surface area contributed by atoms with Gasteiger partial charge in [-0.1, -0.05) is 42.5 Å². The van der Waals surface area contributed by atoms with E-state index >= 15 is 0 Å². The van der Waals surface area contributed by atoms with E-state index in [1.165, 1.54) is 24.1 Å². The molecule has 0 aliphatic carbocycles. The van der Waals surface area contributed by atoms with Crippen molar-refractivity contribution in [2.24, 2.45) is 0 Å². The summed E-state index contributed by atoms with van der Waals surface area (Å²) in [5.74, 6) is -0.717. The summed E-state index contributed by atoms with van der Waals surface area (Å²) in [6.45, 7) is 2.11. The maximum atomic E-state index is 13.4. The number of carbonyl (C=O) groups excluding carboxylic acids is 1. The maximum Gasteiger partial charge on any atom is 0.243 e. The van der Waals surface area contributed by atoms with Crippen LogP contribution in [-0.4, -0.2) is 43.7 Å². The zero-order valence-electron chi connectivity index (χ0n) is 16.4. The first-order chi connectivity index (χ1) is 13.8. The van der Waals surface area contributed by atoms with Gasteiger partial charge in [0.05, 0.1) is 11.4 Å². The minimum Gasteiger partial charge on any atom is -0.338 e. The standard InChI is InChI=1S/C22H23FN2O3S/c1-3-25(15-17-7-6-10-20(23)13-17)22(26)16-24(2)29(27,28)21-12-11-18-8-4-5-9-19(18)14-21/h4-14H,3,15-16H2,1-2H3. The molecular formula is C22H23FN2O3S. The molecule has 0 aliphatic heterocycles. The van der Waals surface area contributed by atoms with Crippen molar-refractivity contribution in [3.05, 3.63) is 78.1 Å². The SMILES string of the molecule is CCN(Cc1cccc(F)c1)C(=O)CN(C)S(=O)(=O)c1ccc2ccccc2c1. The van der Waals surface area contributed by atoms with Crippen molar-refractivity contribution in [1.29, 1.82) is 0 Å². The molecule has 3 rings (SSSR count). The molecule has 1 amide bonds. The third-order valence-corrected chi connectivity index (χ3v) is 6.58. The highest BCUT2D eigenvalue weighted by atomic mass is 32.2. The molecule has 0 bridgehead atoms. The summed E-state index contributed by atoms with van der Waals surface area (Å²) in [6, 6.07) is 18.4. The van der Waals surface area contributed by atoms with Crippen molar-refractivity contribution in [1.82, 2.24) is 9.21 Å². The lowest BCUT2D eigenvalue weighted by Crippen LogP contribution is -2.40. The molecule has 0 aromatic heterocycles. The second-order valence-electron chi connectivity index (χ2n) is 6.81. The second kappa shape index (κ2) is 8.71. The fraction of sp³-hybridized carbons (Fsp3) is 0.227. The van der Waals surface area contributed by atoms with Gasteiger partial charge in [-0.25, -0.2) is 12.8 Å². The van der Waals surface area contributed by atoms with E-state index in [-0.39, 0.29) is 29.7 Å². The Morgan fingerprint density at radius 2 is 1.69 bits per heavy atom. The molecule has 5 nitrogen and oxygen atoms in total. The Morgan fingerprint density at radius 1 is 0.966 bits per heavy atom. The van der Waals surface area contributed by atoms with Gasteiger partial charge in [0.2, 0.25) is 15.9 Å². The monoisotopic (exact) mass is 414 g/mol. The lowest BCUT2D eigenvalue weighted by Gasteiger charge is -2.24. The molecular weight excluding hydrogens is 391 g/mol. The molecule has 0 N–H and O–H groups in total. The Bertz CT molecular complexity index is 1130. The number of halogens is 1. The number of rotatable bonds is 7. The molecule has 3 aromatic carbocycles. The third kappa shape index (κ3) is 4.81. The number of hydrogen-bond acceptors (Lipinski definition) is 3.